The third-order valence-electron chi connectivity index (χ3n) is 7.99. The first-order chi connectivity index (χ1) is 18.0. The van der Waals surface area contributed by atoms with Crippen molar-refractivity contribution in [3.05, 3.63) is 52.6 Å². The van der Waals surface area contributed by atoms with Crippen molar-refractivity contribution in [1.29, 1.82) is 0 Å². The van der Waals surface area contributed by atoms with Crippen LogP contribution >= 0.6 is 0 Å². The van der Waals surface area contributed by atoms with E-state index < -0.39 is 11.2 Å². The molecule has 0 radical (unpaired) electrons. The van der Waals surface area contributed by atoms with Gasteiger partial charge >= 0.3 is 11.7 Å². The number of urea groups is 1. The normalized spacial score (nSPS) is 25.3. The van der Waals surface area contributed by atoms with Gasteiger partial charge < -0.3 is 20.9 Å². The minimum absolute atomic E-state index is 0.141. The Morgan fingerprint density at radius 1 is 1.08 bits per heavy atom. The number of amides is 3. The maximum absolute atomic E-state index is 12.9. The molecule has 2 unspecified atom stereocenters. The summed E-state index contributed by atoms with van der Waals surface area (Å²) >= 11 is 0. The smallest absolute Gasteiger partial charge is 0.337 e. The van der Waals surface area contributed by atoms with E-state index in [9.17, 15) is 14.4 Å². The number of hydrogen-bond acceptors (Lipinski definition) is 7. The molecule has 2 aliphatic heterocycles. The monoisotopic (exact) mass is 522 g/mol. The molecule has 3 atom stereocenters. The van der Waals surface area contributed by atoms with Crippen molar-refractivity contribution >= 4 is 17.8 Å². The van der Waals surface area contributed by atoms with Gasteiger partial charge in [0.05, 0.1) is 11.2 Å². The zero-order valence-corrected chi connectivity index (χ0v) is 22.6. The molecule has 38 heavy (non-hydrogen) atoms. The van der Waals surface area contributed by atoms with Crippen LogP contribution in [0.25, 0.3) is 5.69 Å². The van der Waals surface area contributed by atoms with E-state index in [1.54, 1.807) is 35.9 Å². The van der Waals surface area contributed by atoms with Crippen LogP contribution in [0.1, 0.15) is 26.3 Å². The molecule has 1 saturated carbocycles. The molecule has 0 bridgehead atoms. The van der Waals surface area contributed by atoms with Crippen molar-refractivity contribution in [3.8, 4) is 5.69 Å². The van der Waals surface area contributed by atoms with Gasteiger partial charge in [0, 0.05) is 57.5 Å². The topological polar surface area (TPSA) is 129 Å². The van der Waals surface area contributed by atoms with Gasteiger partial charge in [-0.3, -0.25) is 19.6 Å². The van der Waals surface area contributed by atoms with Crippen LogP contribution in [0.3, 0.4) is 0 Å². The lowest BCUT2D eigenvalue weighted by Crippen LogP contribution is -2.61. The van der Waals surface area contributed by atoms with Crippen LogP contribution in [0.2, 0.25) is 0 Å². The third kappa shape index (κ3) is 5.31. The fourth-order valence-electron chi connectivity index (χ4n) is 5.89. The number of fused-ring (bicyclic) bond motifs is 1. The molecule has 1 aromatic carbocycles. The average molecular weight is 523 g/mol. The first kappa shape index (κ1) is 26.3. The quantitative estimate of drug-likeness (QED) is 0.509. The third-order valence-corrected chi connectivity index (χ3v) is 7.99. The Kier molecular flexibility index (Phi) is 7.01. The number of piperazine rings is 1. The number of benzene rings is 1. The van der Waals surface area contributed by atoms with Gasteiger partial charge in [0.1, 0.15) is 5.82 Å². The van der Waals surface area contributed by atoms with E-state index in [-0.39, 0.29) is 23.8 Å². The van der Waals surface area contributed by atoms with Gasteiger partial charge in [-0.25, -0.2) is 9.59 Å². The highest BCUT2D eigenvalue weighted by atomic mass is 16.2. The lowest BCUT2D eigenvalue weighted by atomic mass is 10.0. The molecule has 11 heteroatoms. The Hall–Kier alpha value is -3.28. The molecule has 204 valence electrons. The lowest BCUT2D eigenvalue weighted by molar-refractivity contribution is -0.138. The second-order valence-electron chi connectivity index (χ2n) is 11.4. The van der Waals surface area contributed by atoms with Crippen molar-refractivity contribution < 1.29 is 9.59 Å². The summed E-state index contributed by atoms with van der Waals surface area (Å²) in [5, 5.41) is 6.12. The Balaban J connectivity index is 1.16. The highest BCUT2D eigenvalue weighted by Crippen LogP contribution is 2.45. The number of nitrogens with two attached hydrogens (primary N) is 1. The van der Waals surface area contributed by atoms with Gasteiger partial charge in [0.15, 0.2) is 0 Å². The van der Waals surface area contributed by atoms with Crippen LogP contribution in [-0.2, 0) is 11.3 Å². The summed E-state index contributed by atoms with van der Waals surface area (Å²) in [5.74, 6) is 1.61. The summed E-state index contributed by atoms with van der Waals surface area (Å²) < 4.78 is 1.46. The van der Waals surface area contributed by atoms with E-state index >= 15 is 0 Å². The van der Waals surface area contributed by atoms with E-state index in [0.29, 0.717) is 25.7 Å². The van der Waals surface area contributed by atoms with Crippen LogP contribution < -0.4 is 22.1 Å². The number of nitrogens with one attached hydrogen (secondary N) is 2. The van der Waals surface area contributed by atoms with E-state index in [1.807, 2.05) is 26.1 Å². The molecule has 1 aliphatic carbocycles. The molecular formula is C27H38N8O3. The predicted molar refractivity (Wildman–Crippen MR) is 145 cm³/mol. The minimum Gasteiger partial charge on any atom is -0.337 e. The van der Waals surface area contributed by atoms with Crippen molar-refractivity contribution in [2.24, 2.45) is 17.6 Å². The lowest BCUT2D eigenvalue weighted by Gasteiger charge is -2.41. The molecule has 11 nitrogen and oxygen atoms in total. The number of carbonyl (C=O) groups is 2. The van der Waals surface area contributed by atoms with Crippen LogP contribution in [0.15, 0.2) is 41.3 Å². The number of hydrogen-bond donors (Lipinski definition) is 3. The molecule has 1 aromatic heterocycles. The zero-order chi connectivity index (χ0) is 27.2. The van der Waals surface area contributed by atoms with Crippen LogP contribution in [0, 0.1) is 11.8 Å². The maximum atomic E-state index is 12.9. The van der Waals surface area contributed by atoms with E-state index in [2.05, 4.69) is 32.7 Å². The molecule has 3 amide bonds. The first-order valence-electron chi connectivity index (χ1n) is 13.3. The van der Waals surface area contributed by atoms with Gasteiger partial charge in [-0.2, -0.15) is 4.98 Å². The number of nitrogens with zero attached hydrogens (tertiary/aromatic N) is 5. The van der Waals surface area contributed by atoms with Gasteiger partial charge in [-0.1, -0.05) is 12.1 Å². The van der Waals surface area contributed by atoms with Gasteiger partial charge in [0.25, 0.3) is 0 Å². The van der Waals surface area contributed by atoms with E-state index in [4.69, 9.17) is 5.73 Å². The summed E-state index contributed by atoms with van der Waals surface area (Å²) in [6.45, 7) is 9.57. The highest BCUT2D eigenvalue weighted by molar-refractivity contribution is 5.89. The van der Waals surface area contributed by atoms with E-state index in [0.717, 1.165) is 37.2 Å². The first-order valence-corrected chi connectivity index (χ1v) is 13.3. The predicted octanol–water partition coefficient (Wildman–Crippen LogP) is 0.684. The fraction of sp³-hybridized carbons (Fsp3) is 0.556. The van der Waals surface area contributed by atoms with Crippen molar-refractivity contribution in [1.82, 2.24) is 29.6 Å². The molecule has 3 heterocycles. The molecule has 5 rings (SSSR count). The molecular weight excluding hydrogens is 484 g/mol. The van der Waals surface area contributed by atoms with Crippen molar-refractivity contribution in [2.45, 2.75) is 44.9 Å². The maximum Gasteiger partial charge on any atom is 0.354 e. The van der Waals surface area contributed by atoms with Gasteiger partial charge in [0.2, 0.25) is 5.91 Å². The van der Waals surface area contributed by atoms with Crippen molar-refractivity contribution in [3.63, 3.8) is 0 Å². The Labute approximate surface area is 223 Å². The molecule has 4 N–H and O–H groups in total. The fourth-order valence-corrected chi connectivity index (χ4v) is 5.89. The summed E-state index contributed by atoms with van der Waals surface area (Å²) in [6, 6.07) is 9.70. The number of rotatable bonds is 6. The van der Waals surface area contributed by atoms with Crippen LogP contribution in [-0.4, -0.2) is 93.6 Å². The highest BCUT2D eigenvalue weighted by Gasteiger charge is 2.54. The van der Waals surface area contributed by atoms with Gasteiger partial charge in [-0.15, -0.1) is 0 Å². The average Bonchev–Trinajstić information content (AvgIpc) is 3.35. The van der Waals surface area contributed by atoms with Crippen LogP contribution in [0.4, 0.5) is 10.6 Å². The minimum atomic E-state index is -0.956. The van der Waals surface area contributed by atoms with E-state index in [1.165, 1.54) is 10.1 Å². The summed E-state index contributed by atoms with van der Waals surface area (Å²) in [4.78, 5) is 48.0. The largest absolute Gasteiger partial charge is 0.354 e. The van der Waals surface area contributed by atoms with Gasteiger partial charge in [-0.05, 0) is 63.4 Å². The molecule has 0 spiro atoms. The second-order valence-corrected chi connectivity index (χ2v) is 11.4. The number of piperidine rings is 1. The Bertz CT molecular complexity index is 1240. The SMILES string of the molecule is CNC1C2CN(Cc3ccc(-n4ccc(NC(=O)N5CCN(C(=O)C(C)(C)N)C[C@H]5C)nc4=O)cc3)CC21. The number of likely N-dealkylation sites (tertiary alicyclic amines) is 1. The second kappa shape index (κ2) is 10.1. The molecule has 3 fully saturated rings. The molecule has 2 saturated heterocycles. The van der Waals surface area contributed by atoms with Crippen LogP contribution in [0.5, 0.6) is 0 Å². The number of aromatic nitrogens is 2. The standard InChI is InChI=1S/C27H38N8O3/c1-17-13-33(24(36)27(2,3)28)11-12-34(17)25(37)30-22-9-10-35(26(38)31-22)19-7-5-18(6-8-19)14-32-15-20-21(16-32)23(20)29-4/h5-10,17,20-21,23,29H,11-16,28H2,1-4H3,(H,30,31,37,38)/t17-,20?,21?,23?/m1/s1. The molecule has 2 aromatic rings. The molecule has 3 aliphatic rings. The number of anilines is 1. The van der Waals surface area contributed by atoms with Crippen molar-refractivity contribution in [2.75, 3.05) is 45.1 Å². The zero-order valence-electron chi connectivity index (χ0n) is 22.6. The summed E-state index contributed by atoms with van der Waals surface area (Å²) in [5.41, 5.74) is 6.46. The number of carbonyl (C=O) groups excluding carboxylic acids is 2. The summed E-state index contributed by atoms with van der Waals surface area (Å²) in [6.07, 6.45) is 1.62. The Morgan fingerprint density at radius 3 is 2.34 bits per heavy atom. The Morgan fingerprint density at radius 2 is 1.76 bits per heavy atom. The summed E-state index contributed by atoms with van der Waals surface area (Å²) in [7, 11) is 2.04.